The van der Waals surface area contributed by atoms with Crippen LogP contribution in [0.4, 0.5) is 0 Å². The molecule has 160 valence electrons. The predicted molar refractivity (Wildman–Crippen MR) is 111 cm³/mol. The van der Waals surface area contributed by atoms with Gasteiger partial charge in [0, 0.05) is 6.42 Å². The molecular weight excluding hydrogens is 364 g/mol. The number of Topliss-reactive ketones (excluding diaryl/α,β-unsaturated/α-hetero) is 1. The Hall–Kier alpha value is -0.720. The number of hydrogen-bond acceptors (Lipinski definition) is 5. The van der Waals surface area contributed by atoms with Crippen LogP contribution in [0.2, 0.25) is 0 Å². The molecule has 0 aliphatic carbocycles. The van der Waals surface area contributed by atoms with Crippen molar-refractivity contribution in [1.29, 1.82) is 0 Å². The fraction of sp³-hybridized carbons (Fsp3) is 0.857. The van der Waals surface area contributed by atoms with Crippen LogP contribution in [0.25, 0.3) is 0 Å². The van der Waals surface area contributed by atoms with Gasteiger partial charge in [0.1, 0.15) is 11.9 Å². The van der Waals surface area contributed by atoms with Gasteiger partial charge in [0.2, 0.25) is 0 Å². The topological polar surface area (TPSA) is 80.7 Å². The highest BCUT2D eigenvalue weighted by atomic mass is 32.2. The third kappa shape index (κ3) is 17.1. The Morgan fingerprint density at radius 2 is 1.37 bits per heavy atom. The third-order valence-electron chi connectivity index (χ3n) is 4.67. The van der Waals surface area contributed by atoms with Crippen LogP contribution in [0, 0.1) is 0 Å². The highest BCUT2D eigenvalue weighted by Crippen LogP contribution is 2.11. The van der Waals surface area contributed by atoms with E-state index in [0.29, 0.717) is 6.42 Å². The van der Waals surface area contributed by atoms with Gasteiger partial charge in [-0.3, -0.25) is 8.98 Å². The van der Waals surface area contributed by atoms with E-state index < -0.39 is 27.8 Å². The van der Waals surface area contributed by atoms with Crippen LogP contribution in [0.1, 0.15) is 96.8 Å². The van der Waals surface area contributed by atoms with E-state index in [4.69, 9.17) is 0 Å². The molecule has 0 aromatic carbocycles. The van der Waals surface area contributed by atoms with Crippen LogP contribution in [0.3, 0.4) is 0 Å². The van der Waals surface area contributed by atoms with Gasteiger partial charge in [0.05, 0.1) is 7.11 Å². The Morgan fingerprint density at radius 3 is 1.89 bits per heavy atom. The van der Waals surface area contributed by atoms with Crippen LogP contribution < -0.4 is 0 Å². The fourth-order valence-electron chi connectivity index (χ4n) is 2.89. The molecule has 6 heteroatoms. The zero-order valence-electron chi connectivity index (χ0n) is 17.3. The lowest BCUT2D eigenvalue weighted by Crippen LogP contribution is -2.29. The zero-order valence-corrected chi connectivity index (χ0v) is 18.1. The quantitative estimate of drug-likeness (QED) is 0.187. The highest BCUT2D eigenvalue weighted by molar-refractivity contribution is 7.86. The molecule has 0 heterocycles. The minimum absolute atomic E-state index is 0.221. The maximum atomic E-state index is 11.7. The molecule has 0 fully saturated rings. The van der Waals surface area contributed by atoms with Crippen LogP contribution in [-0.4, -0.2) is 38.3 Å². The second-order valence-corrected chi connectivity index (χ2v) is 8.99. The predicted octanol–water partition coefficient (Wildman–Crippen LogP) is 4.93. The molecule has 1 atom stereocenters. The largest absolute Gasteiger partial charge is 0.384 e. The summed E-state index contributed by atoms with van der Waals surface area (Å²) in [6.07, 6.45) is 18.6. The first-order chi connectivity index (χ1) is 12.9. The van der Waals surface area contributed by atoms with Crippen molar-refractivity contribution in [2.45, 2.75) is 103 Å². The molecule has 0 aliphatic rings. The molecule has 27 heavy (non-hydrogen) atoms. The van der Waals surface area contributed by atoms with Gasteiger partial charge in [0.25, 0.3) is 10.1 Å². The number of allylic oxidation sites excluding steroid dienone is 2. The summed E-state index contributed by atoms with van der Waals surface area (Å²) >= 11 is 0. The van der Waals surface area contributed by atoms with Crippen molar-refractivity contribution in [3.05, 3.63) is 12.2 Å². The molecule has 0 aromatic rings. The molecule has 0 saturated carbocycles. The maximum absolute atomic E-state index is 11.7. The summed E-state index contributed by atoms with van der Waals surface area (Å²) in [6.45, 7) is 2.24. The average Bonchev–Trinajstić information content (AvgIpc) is 2.64. The SMILES string of the molecule is CCCCCCCC/C=C\CCCCCCCC(=O)C(O)CS(=O)(=O)OC. The summed E-state index contributed by atoms with van der Waals surface area (Å²) in [5.41, 5.74) is 0. The minimum atomic E-state index is -3.80. The van der Waals surface area contributed by atoms with E-state index in [0.717, 1.165) is 39.2 Å². The first-order valence-corrected chi connectivity index (χ1v) is 12.1. The van der Waals surface area contributed by atoms with Crippen LogP contribution >= 0.6 is 0 Å². The Labute approximate surface area is 166 Å². The molecule has 1 N–H and O–H groups in total. The molecule has 0 rings (SSSR count). The molecule has 5 nitrogen and oxygen atoms in total. The van der Waals surface area contributed by atoms with Crippen LogP contribution in [-0.2, 0) is 19.1 Å². The van der Waals surface area contributed by atoms with Crippen LogP contribution in [0.5, 0.6) is 0 Å². The van der Waals surface area contributed by atoms with Crippen LogP contribution in [0.15, 0.2) is 12.2 Å². The van der Waals surface area contributed by atoms with Gasteiger partial charge < -0.3 is 5.11 Å². The molecule has 0 bridgehead atoms. The van der Waals surface area contributed by atoms with Gasteiger partial charge in [-0.25, -0.2) is 0 Å². The summed E-state index contributed by atoms with van der Waals surface area (Å²) in [4.78, 5) is 11.7. The van der Waals surface area contributed by atoms with Gasteiger partial charge in [0.15, 0.2) is 5.78 Å². The van der Waals surface area contributed by atoms with Crippen molar-refractivity contribution in [1.82, 2.24) is 0 Å². The molecule has 0 spiro atoms. The van der Waals surface area contributed by atoms with Gasteiger partial charge in [-0.05, 0) is 32.1 Å². The lowest BCUT2D eigenvalue weighted by molar-refractivity contribution is -0.126. The Kier molecular flexibility index (Phi) is 16.9. The molecule has 0 aliphatic heterocycles. The van der Waals surface area contributed by atoms with E-state index in [2.05, 4.69) is 23.3 Å². The molecule has 1 unspecified atom stereocenters. The van der Waals surface area contributed by atoms with E-state index in [1.165, 1.54) is 44.9 Å². The van der Waals surface area contributed by atoms with E-state index in [1.54, 1.807) is 0 Å². The number of aliphatic hydroxyl groups excluding tert-OH is 1. The molecular formula is C21H40O5S. The monoisotopic (exact) mass is 404 g/mol. The summed E-state index contributed by atoms with van der Waals surface area (Å²) in [5.74, 6) is -1.08. The molecule has 0 aromatic heterocycles. The fourth-order valence-corrected chi connectivity index (χ4v) is 3.60. The molecule has 0 radical (unpaired) electrons. The van der Waals surface area contributed by atoms with Crippen molar-refractivity contribution in [2.24, 2.45) is 0 Å². The Balaban J connectivity index is 3.46. The van der Waals surface area contributed by atoms with Gasteiger partial charge >= 0.3 is 0 Å². The zero-order chi connectivity index (χ0) is 20.4. The number of hydrogen-bond donors (Lipinski definition) is 1. The maximum Gasteiger partial charge on any atom is 0.270 e. The van der Waals surface area contributed by atoms with Crippen molar-refractivity contribution in [3.63, 3.8) is 0 Å². The number of carbonyl (C=O) groups excluding carboxylic acids is 1. The number of unbranched alkanes of at least 4 members (excludes halogenated alkanes) is 11. The Morgan fingerprint density at radius 1 is 0.889 bits per heavy atom. The first kappa shape index (κ1) is 26.3. The lowest BCUT2D eigenvalue weighted by Gasteiger charge is -2.09. The normalized spacial score (nSPS) is 13.3. The van der Waals surface area contributed by atoms with E-state index in [-0.39, 0.29) is 6.42 Å². The standard InChI is InChI=1S/C21H40O5S/c1-3-4-5-6-7-8-9-10-11-12-13-14-15-16-17-18-20(22)21(23)19-27(24,25)26-2/h10-11,21,23H,3-9,12-19H2,1-2H3/b11-10-. The number of ketones is 1. The second kappa shape index (κ2) is 17.4. The summed E-state index contributed by atoms with van der Waals surface area (Å²) in [6, 6.07) is 0. The smallest absolute Gasteiger partial charge is 0.270 e. The number of carbonyl (C=O) groups is 1. The van der Waals surface area contributed by atoms with Gasteiger partial charge in [-0.1, -0.05) is 70.4 Å². The molecule has 0 saturated heterocycles. The van der Waals surface area contributed by atoms with Crippen molar-refractivity contribution in [2.75, 3.05) is 12.9 Å². The summed E-state index contributed by atoms with van der Waals surface area (Å²) in [5, 5.41) is 9.58. The van der Waals surface area contributed by atoms with Crippen molar-refractivity contribution >= 4 is 15.9 Å². The average molecular weight is 405 g/mol. The lowest BCUT2D eigenvalue weighted by atomic mass is 10.1. The van der Waals surface area contributed by atoms with Gasteiger partial charge in [-0.2, -0.15) is 8.42 Å². The molecule has 0 amide bonds. The minimum Gasteiger partial charge on any atom is -0.384 e. The van der Waals surface area contributed by atoms with Crippen molar-refractivity contribution in [3.8, 4) is 0 Å². The number of aliphatic hydroxyl groups is 1. The summed E-state index contributed by atoms with van der Waals surface area (Å²) in [7, 11) is -2.78. The van der Waals surface area contributed by atoms with Gasteiger partial charge in [-0.15, -0.1) is 0 Å². The highest BCUT2D eigenvalue weighted by Gasteiger charge is 2.22. The van der Waals surface area contributed by atoms with E-state index >= 15 is 0 Å². The van der Waals surface area contributed by atoms with Crippen molar-refractivity contribution < 1.29 is 22.5 Å². The number of rotatable bonds is 19. The third-order valence-corrected chi connectivity index (χ3v) is 5.90. The summed E-state index contributed by atoms with van der Waals surface area (Å²) < 4.78 is 26.6. The second-order valence-electron chi connectivity index (χ2n) is 7.21. The van der Waals surface area contributed by atoms with E-state index in [1.807, 2.05) is 0 Å². The van der Waals surface area contributed by atoms with E-state index in [9.17, 15) is 18.3 Å². The first-order valence-electron chi connectivity index (χ1n) is 10.6. The Bertz CT molecular complexity index is 485.